The Bertz CT molecular complexity index is 945. The number of nitrogens with zero attached hydrogens (tertiary/aromatic N) is 1. The molecule has 1 unspecified atom stereocenters. The first-order valence-electron chi connectivity index (χ1n) is 8.29. The maximum atomic E-state index is 12.6. The Morgan fingerprint density at radius 2 is 1.96 bits per heavy atom. The van der Waals surface area contributed by atoms with Gasteiger partial charge >= 0.3 is 5.97 Å². The molecule has 0 bridgehead atoms. The second-order valence-electron chi connectivity index (χ2n) is 6.06. The van der Waals surface area contributed by atoms with Crippen molar-refractivity contribution in [2.24, 2.45) is 0 Å². The highest BCUT2D eigenvalue weighted by Crippen LogP contribution is 2.32. The lowest BCUT2D eigenvalue weighted by Crippen LogP contribution is -2.29. The minimum Gasteiger partial charge on any atom is -0.480 e. The summed E-state index contributed by atoms with van der Waals surface area (Å²) >= 11 is 0. The molecule has 146 valence electrons. The van der Waals surface area contributed by atoms with Gasteiger partial charge in [0.05, 0.1) is 10.5 Å². The van der Waals surface area contributed by atoms with Crippen molar-refractivity contribution in [1.82, 2.24) is 5.32 Å². The highest BCUT2D eigenvalue weighted by atomic mass is 16.7. The summed E-state index contributed by atoms with van der Waals surface area (Å²) in [5.74, 6) is -0.519. The number of fused-ring (bicyclic) bond motifs is 1. The first-order valence-corrected chi connectivity index (χ1v) is 8.29. The summed E-state index contributed by atoms with van der Waals surface area (Å²) in [6.07, 6.45) is 0. The third-order valence-corrected chi connectivity index (χ3v) is 4.09. The molecular weight excluding hydrogens is 370 g/mol. The molecule has 2 aromatic rings. The number of rotatable bonds is 7. The van der Waals surface area contributed by atoms with Crippen LogP contribution in [0, 0.1) is 10.1 Å². The summed E-state index contributed by atoms with van der Waals surface area (Å²) < 4.78 is 10.5. The van der Waals surface area contributed by atoms with Crippen molar-refractivity contribution in [2.45, 2.75) is 19.5 Å². The lowest BCUT2D eigenvalue weighted by molar-refractivity contribution is -0.384. The van der Waals surface area contributed by atoms with E-state index in [-0.39, 0.29) is 30.3 Å². The molecule has 1 aliphatic heterocycles. The zero-order valence-electron chi connectivity index (χ0n) is 14.8. The Balaban J connectivity index is 1.79. The van der Waals surface area contributed by atoms with Crippen molar-refractivity contribution >= 4 is 23.3 Å². The van der Waals surface area contributed by atoms with E-state index in [0.29, 0.717) is 11.5 Å². The maximum Gasteiger partial charge on any atom is 0.325 e. The zero-order valence-corrected chi connectivity index (χ0v) is 14.8. The van der Waals surface area contributed by atoms with Gasteiger partial charge in [-0.2, -0.15) is 0 Å². The van der Waals surface area contributed by atoms with Crippen LogP contribution in [0.25, 0.3) is 0 Å². The molecule has 3 N–H and O–H groups in total. The van der Waals surface area contributed by atoms with E-state index in [1.54, 1.807) is 18.2 Å². The topological polar surface area (TPSA) is 140 Å². The van der Waals surface area contributed by atoms with Gasteiger partial charge in [-0.3, -0.25) is 19.7 Å². The van der Waals surface area contributed by atoms with E-state index in [4.69, 9.17) is 14.6 Å². The molecule has 0 aliphatic carbocycles. The molecule has 10 nitrogen and oxygen atoms in total. The second kappa shape index (κ2) is 7.82. The molecule has 1 heterocycles. The highest BCUT2D eigenvalue weighted by molar-refractivity contribution is 6.00. The molecule has 1 amide bonds. The minimum atomic E-state index is -1.12. The first-order chi connectivity index (χ1) is 13.3. The summed E-state index contributed by atoms with van der Waals surface area (Å²) in [7, 11) is 0. The number of nitrogens with one attached hydrogen (secondary N) is 2. The molecule has 1 aliphatic rings. The fourth-order valence-corrected chi connectivity index (χ4v) is 2.58. The SMILES string of the molecule is CC(Nc1ccc([N+](=O)[O-])cc1C(=O)NCc1ccc2c(c1)OCO2)C(=O)O. The van der Waals surface area contributed by atoms with Crippen molar-refractivity contribution in [3.63, 3.8) is 0 Å². The number of nitro groups is 1. The summed E-state index contributed by atoms with van der Waals surface area (Å²) in [5.41, 5.74) is 0.630. The van der Waals surface area contributed by atoms with Crippen LogP contribution in [0.3, 0.4) is 0 Å². The van der Waals surface area contributed by atoms with Crippen molar-refractivity contribution in [1.29, 1.82) is 0 Å². The fourth-order valence-electron chi connectivity index (χ4n) is 2.58. The zero-order chi connectivity index (χ0) is 20.3. The number of ether oxygens (including phenoxy) is 2. The third kappa shape index (κ3) is 4.11. The van der Waals surface area contributed by atoms with E-state index >= 15 is 0 Å². The third-order valence-electron chi connectivity index (χ3n) is 4.09. The van der Waals surface area contributed by atoms with Crippen LogP contribution in [0.1, 0.15) is 22.8 Å². The highest BCUT2D eigenvalue weighted by Gasteiger charge is 2.20. The molecule has 0 spiro atoms. The van der Waals surface area contributed by atoms with E-state index in [9.17, 15) is 19.7 Å². The molecular formula is C18H17N3O7. The Labute approximate surface area is 159 Å². The second-order valence-corrected chi connectivity index (χ2v) is 6.06. The van der Waals surface area contributed by atoms with Gasteiger partial charge in [-0.15, -0.1) is 0 Å². The summed E-state index contributed by atoms with van der Waals surface area (Å²) in [4.78, 5) is 34.1. The molecule has 0 saturated heterocycles. The number of benzene rings is 2. The van der Waals surface area contributed by atoms with Gasteiger partial charge in [0, 0.05) is 24.4 Å². The van der Waals surface area contributed by atoms with Crippen molar-refractivity contribution in [3.05, 3.63) is 57.6 Å². The predicted octanol–water partition coefficient (Wildman–Crippen LogP) is 2.14. The van der Waals surface area contributed by atoms with Gasteiger partial charge in [0.25, 0.3) is 11.6 Å². The summed E-state index contributed by atoms with van der Waals surface area (Å²) in [5, 5.41) is 25.4. The van der Waals surface area contributed by atoms with Crippen LogP contribution < -0.4 is 20.1 Å². The number of non-ortho nitro benzene ring substituents is 1. The van der Waals surface area contributed by atoms with Gasteiger partial charge in [-0.1, -0.05) is 6.07 Å². The maximum absolute atomic E-state index is 12.6. The molecule has 0 aromatic heterocycles. The van der Waals surface area contributed by atoms with Crippen LogP contribution in [0.15, 0.2) is 36.4 Å². The monoisotopic (exact) mass is 387 g/mol. The van der Waals surface area contributed by atoms with E-state index in [0.717, 1.165) is 11.6 Å². The van der Waals surface area contributed by atoms with Crippen LogP contribution in [-0.4, -0.2) is 34.7 Å². The van der Waals surface area contributed by atoms with Crippen LogP contribution in [0.5, 0.6) is 11.5 Å². The first kappa shape index (κ1) is 19.0. The normalized spacial score (nSPS) is 12.9. The Morgan fingerprint density at radius 3 is 2.68 bits per heavy atom. The van der Waals surface area contributed by atoms with E-state index in [2.05, 4.69) is 10.6 Å². The molecule has 2 aromatic carbocycles. The number of carboxylic acids is 1. The molecule has 0 saturated carbocycles. The van der Waals surface area contributed by atoms with Gasteiger partial charge in [0.1, 0.15) is 6.04 Å². The van der Waals surface area contributed by atoms with Gasteiger partial charge in [0.2, 0.25) is 6.79 Å². The van der Waals surface area contributed by atoms with E-state index < -0.39 is 22.8 Å². The molecule has 28 heavy (non-hydrogen) atoms. The molecule has 1 atom stereocenters. The average molecular weight is 387 g/mol. The summed E-state index contributed by atoms with van der Waals surface area (Å²) in [6.45, 7) is 1.68. The van der Waals surface area contributed by atoms with Gasteiger partial charge in [-0.25, -0.2) is 0 Å². The number of aliphatic carboxylic acids is 1. The molecule has 0 fully saturated rings. The van der Waals surface area contributed by atoms with Crippen molar-refractivity contribution in [3.8, 4) is 11.5 Å². The van der Waals surface area contributed by atoms with Crippen molar-refractivity contribution in [2.75, 3.05) is 12.1 Å². The van der Waals surface area contributed by atoms with Crippen LogP contribution in [0.4, 0.5) is 11.4 Å². The average Bonchev–Trinajstić information content (AvgIpc) is 3.13. The standard InChI is InChI=1S/C18H17N3O7/c1-10(18(23)24)20-14-4-3-12(21(25)26)7-13(14)17(22)19-8-11-2-5-15-16(6-11)28-9-27-15/h2-7,10,20H,8-9H2,1H3,(H,19,22)(H,23,24). The van der Waals surface area contributed by atoms with E-state index in [1.165, 1.54) is 19.1 Å². The molecule has 3 rings (SSSR count). The van der Waals surface area contributed by atoms with Crippen LogP contribution in [0.2, 0.25) is 0 Å². The largest absolute Gasteiger partial charge is 0.480 e. The number of nitro benzene ring substituents is 1. The number of hydrogen-bond acceptors (Lipinski definition) is 7. The Hall–Kier alpha value is -3.82. The molecule has 10 heteroatoms. The van der Waals surface area contributed by atoms with Gasteiger partial charge in [-0.05, 0) is 30.7 Å². The number of carbonyl (C=O) groups excluding carboxylic acids is 1. The van der Waals surface area contributed by atoms with Gasteiger partial charge < -0.3 is 25.2 Å². The Kier molecular flexibility index (Phi) is 5.30. The van der Waals surface area contributed by atoms with E-state index in [1.807, 2.05) is 0 Å². The van der Waals surface area contributed by atoms with Crippen molar-refractivity contribution < 1.29 is 29.1 Å². The fraction of sp³-hybridized carbons (Fsp3) is 0.222. The van der Waals surface area contributed by atoms with Crippen LogP contribution in [-0.2, 0) is 11.3 Å². The minimum absolute atomic E-state index is 0.0250. The van der Waals surface area contributed by atoms with Crippen LogP contribution >= 0.6 is 0 Å². The Morgan fingerprint density at radius 1 is 1.21 bits per heavy atom. The summed E-state index contributed by atoms with van der Waals surface area (Å²) in [6, 6.07) is 7.83. The number of carboxylic acid groups (broad SMARTS) is 1. The predicted molar refractivity (Wildman–Crippen MR) is 97.6 cm³/mol. The molecule has 0 radical (unpaired) electrons. The number of hydrogen-bond donors (Lipinski definition) is 3. The number of carbonyl (C=O) groups is 2. The quantitative estimate of drug-likeness (QED) is 0.485. The lowest BCUT2D eigenvalue weighted by Gasteiger charge is -2.15. The number of amides is 1. The lowest BCUT2D eigenvalue weighted by atomic mass is 10.1. The number of anilines is 1. The smallest absolute Gasteiger partial charge is 0.325 e. The van der Waals surface area contributed by atoms with Gasteiger partial charge in [0.15, 0.2) is 11.5 Å².